The largest absolute Gasteiger partial charge is 0.339 e. The van der Waals surface area contributed by atoms with Crippen molar-refractivity contribution in [3.05, 3.63) is 34.1 Å². The molecule has 0 saturated carbocycles. The van der Waals surface area contributed by atoms with E-state index in [2.05, 4.69) is 32.3 Å². The van der Waals surface area contributed by atoms with E-state index in [4.69, 9.17) is 4.52 Å². The second-order valence-electron chi connectivity index (χ2n) is 6.15. The molecule has 3 rings (SSSR count). The standard InChI is InChI=1S/C16H22N4O2S/c1-11(8-13-5-7-23-10-13)17-16(21)20-6-3-4-14(9-20)15-18-12(2)19-22-15/h5,7,10-11,14H,3-4,6,8-9H2,1-2H3,(H,17,21)/t11-,14+/m0/s1. The molecule has 124 valence electrons. The Morgan fingerprint density at radius 1 is 1.61 bits per heavy atom. The smallest absolute Gasteiger partial charge is 0.317 e. The molecular formula is C16H22N4O2S. The van der Waals surface area contributed by atoms with Gasteiger partial charge in [0.25, 0.3) is 0 Å². The summed E-state index contributed by atoms with van der Waals surface area (Å²) < 4.78 is 5.26. The Balaban J connectivity index is 1.54. The summed E-state index contributed by atoms with van der Waals surface area (Å²) >= 11 is 1.68. The summed E-state index contributed by atoms with van der Waals surface area (Å²) in [5.74, 6) is 1.43. The zero-order valence-corrected chi connectivity index (χ0v) is 14.3. The van der Waals surface area contributed by atoms with Crippen molar-refractivity contribution in [3.63, 3.8) is 0 Å². The molecule has 23 heavy (non-hydrogen) atoms. The fourth-order valence-corrected chi connectivity index (χ4v) is 3.64. The lowest BCUT2D eigenvalue weighted by atomic mass is 9.98. The van der Waals surface area contributed by atoms with Gasteiger partial charge in [0, 0.05) is 19.1 Å². The summed E-state index contributed by atoms with van der Waals surface area (Å²) in [6, 6.07) is 2.21. The maximum absolute atomic E-state index is 12.5. The Morgan fingerprint density at radius 2 is 2.48 bits per heavy atom. The number of rotatable bonds is 4. The molecule has 0 bridgehead atoms. The summed E-state index contributed by atoms with van der Waals surface area (Å²) in [5, 5.41) is 11.1. The minimum absolute atomic E-state index is 0.00586. The summed E-state index contributed by atoms with van der Waals surface area (Å²) in [5.41, 5.74) is 1.26. The third-order valence-corrected chi connectivity index (χ3v) is 4.83. The van der Waals surface area contributed by atoms with Gasteiger partial charge in [-0.05, 0) is 55.5 Å². The SMILES string of the molecule is Cc1noc([C@@H]2CCCN(C(=O)N[C@@H](C)Cc3ccsc3)C2)n1. The Bertz CT molecular complexity index is 640. The monoisotopic (exact) mass is 334 g/mol. The molecular weight excluding hydrogens is 312 g/mol. The fraction of sp³-hybridized carbons (Fsp3) is 0.562. The molecule has 0 unspecified atom stereocenters. The molecule has 2 atom stereocenters. The minimum atomic E-state index is -0.00586. The van der Waals surface area contributed by atoms with Crippen molar-refractivity contribution in [1.29, 1.82) is 0 Å². The van der Waals surface area contributed by atoms with Crippen LogP contribution >= 0.6 is 11.3 Å². The van der Waals surface area contributed by atoms with Crippen LogP contribution < -0.4 is 5.32 Å². The van der Waals surface area contributed by atoms with E-state index in [9.17, 15) is 4.79 Å². The number of thiophene rings is 1. The quantitative estimate of drug-likeness (QED) is 0.933. The molecule has 1 aliphatic heterocycles. The third-order valence-electron chi connectivity index (χ3n) is 4.09. The molecule has 2 amide bonds. The number of aromatic nitrogens is 2. The summed E-state index contributed by atoms with van der Waals surface area (Å²) in [6.45, 7) is 5.27. The van der Waals surface area contributed by atoms with Gasteiger partial charge < -0.3 is 14.7 Å². The number of amides is 2. The van der Waals surface area contributed by atoms with Gasteiger partial charge in [0.2, 0.25) is 5.89 Å². The lowest BCUT2D eigenvalue weighted by Crippen LogP contribution is -2.48. The minimum Gasteiger partial charge on any atom is -0.339 e. The highest BCUT2D eigenvalue weighted by molar-refractivity contribution is 7.07. The number of carbonyl (C=O) groups is 1. The second kappa shape index (κ2) is 7.12. The molecule has 1 fully saturated rings. The van der Waals surface area contributed by atoms with E-state index in [-0.39, 0.29) is 18.0 Å². The van der Waals surface area contributed by atoms with Gasteiger partial charge in [-0.15, -0.1) is 0 Å². The van der Waals surface area contributed by atoms with Crippen LogP contribution in [0.5, 0.6) is 0 Å². The molecule has 2 aromatic rings. The lowest BCUT2D eigenvalue weighted by Gasteiger charge is -2.32. The number of aryl methyl sites for hydroxylation is 1. The first-order chi connectivity index (χ1) is 11.1. The van der Waals surface area contributed by atoms with E-state index < -0.39 is 0 Å². The van der Waals surface area contributed by atoms with Crippen LogP contribution in [0, 0.1) is 6.92 Å². The highest BCUT2D eigenvalue weighted by atomic mass is 32.1. The van der Waals surface area contributed by atoms with E-state index in [1.54, 1.807) is 11.3 Å². The van der Waals surface area contributed by atoms with Gasteiger partial charge in [0.15, 0.2) is 5.82 Å². The number of hydrogen-bond donors (Lipinski definition) is 1. The molecule has 7 heteroatoms. The first-order valence-electron chi connectivity index (χ1n) is 7.98. The summed E-state index contributed by atoms with van der Waals surface area (Å²) in [4.78, 5) is 18.6. The van der Waals surface area contributed by atoms with Crippen molar-refractivity contribution < 1.29 is 9.32 Å². The molecule has 3 heterocycles. The fourth-order valence-electron chi connectivity index (χ4n) is 2.96. The molecule has 6 nitrogen and oxygen atoms in total. The molecule has 0 spiro atoms. The van der Waals surface area contributed by atoms with Crippen molar-refractivity contribution in [1.82, 2.24) is 20.4 Å². The van der Waals surface area contributed by atoms with Crippen LogP contribution in [-0.4, -0.2) is 40.2 Å². The second-order valence-corrected chi connectivity index (χ2v) is 6.93. The van der Waals surface area contributed by atoms with Crippen molar-refractivity contribution in [2.45, 2.75) is 45.1 Å². The van der Waals surface area contributed by atoms with E-state index >= 15 is 0 Å². The molecule has 0 radical (unpaired) electrons. The normalized spacial score (nSPS) is 19.6. The summed E-state index contributed by atoms with van der Waals surface area (Å²) in [6.07, 6.45) is 2.80. The Morgan fingerprint density at radius 3 is 3.17 bits per heavy atom. The van der Waals surface area contributed by atoms with Crippen molar-refractivity contribution >= 4 is 17.4 Å². The first-order valence-corrected chi connectivity index (χ1v) is 8.93. The van der Waals surface area contributed by atoms with E-state index in [1.165, 1.54) is 5.56 Å². The molecule has 0 aliphatic carbocycles. The summed E-state index contributed by atoms with van der Waals surface area (Å²) in [7, 11) is 0. The number of hydrogen-bond acceptors (Lipinski definition) is 5. The van der Waals surface area contributed by atoms with Crippen LogP contribution in [-0.2, 0) is 6.42 Å². The van der Waals surface area contributed by atoms with Gasteiger partial charge >= 0.3 is 6.03 Å². The van der Waals surface area contributed by atoms with Crippen LogP contribution in [0.15, 0.2) is 21.3 Å². The highest BCUT2D eigenvalue weighted by Gasteiger charge is 2.28. The number of nitrogens with zero attached hydrogens (tertiary/aromatic N) is 3. The number of piperidine rings is 1. The average molecular weight is 334 g/mol. The van der Waals surface area contributed by atoms with Crippen LogP contribution in [0.25, 0.3) is 0 Å². The van der Waals surface area contributed by atoms with Crippen molar-refractivity contribution in [2.24, 2.45) is 0 Å². The van der Waals surface area contributed by atoms with Crippen LogP contribution in [0.3, 0.4) is 0 Å². The molecule has 1 aliphatic rings. The van der Waals surface area contributed by atoms with Gasteiger partial charge in [0.05, 0.1) is 5.92 Å². The van der Waals surface area contributed by atoms with Crippen LogP contribution in [0.2, 0.25) is 0 Å². The molecule has 1 N–H and O–H groups in total. The Kier molecular flexibility index (Phi) is 4.95. The van der Waals surface area contributed by atoms with E-state index in [1.807, 2.05) is 18.7 Å². The maximum atomic E-state index is 12.5. The first kappa shape index (κ1) is 16.0. The highest BCUT2D eigenvalue weighted by Crippen LogP contribution is 2.25. The van der Waals surface area contributed by atoms with Crippen LogP contribution in [0.4, 0.5) is 4.79 Å². The number of carbonyl (C=O) groups excluding carboxylic acids is 1. The predicted molar refractivity (Wildman–Crippen MR) is 88.6 cm³/mol. The molecule has 0 aromatic carbocycles. The van der Waals surface area contributed by atoms with Crippen LogP contribution in [0.1, 0.15) is 43.0 Å². The van der Waals surface area contributed by atoms with Gasteiger partial charge in [-0.3, -0.25) is 0 Å². The van der Waals surface area contributed by atoms with Gasteiger partial charge in [-0.1, -0.05) is 5.16 Å². The topological polar surface area (TPSA) is 71.3 Å². The number of urea groups is 1. The average Bonchev–Trinajstić information content (AvgIpc) is 3.19. The maximum Gasteiger partial charge on any atom is 0.317 e. The number of likely N-dealkylation sites (tertiary alicyclic amines) is 1. The zero-order valence-electron chi connectivity index (χ0n) is 13.5. The van der Waals surface area contributed by atoms with Gasteiger partial charge in [-0.2, -0.15) is 16.3 Å². The van der Waals surface area contributed by atoms with Crippen molar-refractivity contribution in [3.8, 4) is 0 Å². The Hall–Kier alpha value is -1.89. The predicted octanol–water partition coefficient (Wildman–Crippen LogP) is 2.96. The van der Waals surface area contributed by atoms with E-state index in [0.29, 0.717) is 18.3 Å². The lowest BCUT2D eigenvalue weighted by molar-refractivity contribution is 0.169. The van der Waals surface area contributed by atoms with Crippen molar-refractivity contribution in [2.75, 3.05) is 13.1 Å². The third kappa shape index (κ3) is 4.10. The molecule has 1 saturated heterocycles. The number of nitrogens with one attached hydrogen (secondary N) is 1. The van der Waals surface area contributed by atoms with E-state index in [0.717, 1.165) is 25.8 Å². The Labute approximate surface area is 139 Å². The van der Waals surface area contributed by atoms with Gasteiger partial charge in [-0.25, -0.2) is 4.79 Å². The van der Waals surface area contributed by atoms with Gasteiger partial charge in [0.1, 0.15) is 0 Å². The zero-order chi connectivity index (χ0) is 16.2. The molecule has 2 aromatic heterocycles.